The van der Waals surface area contributed by atoms with Crippen molar-refractivity contribution in [3.05, 3.63) is 17.0 Å². The van der Waals surface area contributed by atoms with Crippen molar-refractivity contribution in [3.8, 4) is 0 Å². The molecular weight excluding hydrogens is 216 g/mol. The van der Waals surface area contributed by atoms with E-state index in [-0.39, 0.29) is 18.3 Å². The van der Waals surface area contributed by atoms with Crippen LogP contribution in [0.4, 0.5) is 0 Å². The van der Waals surface area contributed by atoms with Crippen LogP contribution in [0.2, 0.25) is 0 Å². The molecule has 0 bridgehead atoms. The summed E-state index contributed by atoms with van der Waals surface area (Å²) in [6, 6.07) is -0.470. The molecule has 5 nitrogen and oxygen atoms in total. The number of carbonyl (C=O) groups is 1. The summed E-state index contributed by atoms with van der Waals surface area (Å²) in [7, 11) is 0. The predicted molar refractivity (Wildman–Crippen MR) is 60.8 cm³/mol. The molecule has 0 radical (unpaired) electrons. The van der Waals surface area contributed by atoms with Gasteiger partial charge in [0.15, 0.2) is 0 Å². The number of hydrogen-bond acceptors (Lipinski definition) is 3. The van der Waals surface area contributed by atoms with E-state index < -0.39 is 6.04 Å². The number of hydrogen-bond donors (Lipinski definition) is 3. The molecular formula is C9H17ClN4O. The molecule has 1 heterocycles. The molecule has 15 heavy (non-hydrogen) atoms. The third kappa shape index (κ3) is 3.53. The number of aromatic amines is 1. The zero-order valence-electron chi connectivity index (χ0n) is 9.13. The summed E-state index contributed by atoms with van der Waals surface area (Å²) < 4.78 is 0. The molecule has 1 amide bonds. The number of nitrogens with one attached hydrogen (secondary N) is 2. The van der Waals surface area contributed by atoms with Crippen molar-refractivity contribution in [2.75, 3.05) is 0 Å². The first kappa shape index (κ1) is 13.9. The lowest BCUT2D eigenvalue weighted by molar-refractivity contribution is -0.122. The minimum absolute atomic E-state index is 0. The van der Waals surface area contributed by atoms with E-state index in [0.717, 1.165) is 17.0 Å². The van der Waals surface area contributed by atoms with Crippen LogP contribution in [0.3, 0.4) is 0 Å². The Morgan fingerprint density at radius 1 is 1.60 bits per heavy atom. The van der Waals surface area contributed by atoms with Crippen molar-refractivity contribution < 1.29 is 4.79 Å². The van der Waals surface area contributed by atoms with Crippen LogP contribution in [0.15, 0.2) is 0 Å². The van der Waals surface area contributed by atoms with Crippen LogP contribution in [-0.4, -0.2) is 22.1 Å². The second kappa shape index (κ2) is 5.72. The first-order valence-electron chi connectivity index (χ1n) is 4.56. The highest BCUT2D eigenvalue weighted by molar-refractivity contribution is 5.85. The van der Waals surface area contributed by atoms with E-state index in [1.165, 1.54) is 0 Å². The van der Waals surface area contributed by atoms with Crippen LogP contribution < -0.4 is 11.1 Å². The summed E-state index contributed by atoms with van der Waals surface area (Å²) in [6.45, 7) is 5.96. The van der Waals surface area contributed by atoms with Crippen LogP contribution in [0.25, 0.3) is 0 Å². The third-order valence-electron chi connectivity index (χ3n) is 2.13. The van der Waals surface area contributed by atoms with Gasteiger partial charge < -0.3 is 11.1 Å². The topological polar surface area (TPSA) is 83.8 Å². The minimum atomic E-state index is -0.470. The highest BCUT2D eigenvalue weighted by Crippen LogP contribution is 2.08. The molecule has 0 aliphatic heterocycles. The molecule has 1 aromatic rings. The largest absolute Gasteiger partial charge is 0.351 e. The van der Waals surface area contributed by atoms with Crippen molar-refractivity contribution in [2.45, 2.75) is 33.4 Å². The number of halogens is 1. The lowest BCUT2D eigenvalue weighted by Gasteiger charge is -2.07. The summed E-state index contributed by atoms with van der Waals surface area (Å²) >= 11 is 0. The Morgan fingerprint density at radius 3 is 2.60 bits per heavy atom. The normalized spacial score (nSPS) is 11.7. The minimum Gasteiger partial charge on any atom is -0.351 e. The number of carbonyl (C=O) groups excluding carboxylic acids is 1. The van der Waals surface area contributed by atoms with Gasteiger partial charge in [0.2, 0.25) is 5.91 Å². The Hall–Kier alpha value is -1.07. The van der Waals surface area contributed by atoms with Crippen LogP contribution >= 0.6 is 12.4 Å². The third-order valence-corrected chi connectivity index (χ3v) is 2.13. The van der Waals surface area contributed by atoms with Gasteiger partial charge in [0.25, 0.3) is 0 Å². The second-order valence-corrected chi connectivity index (χ2v) is 3.42. The molecule has 86 valence electrons. The van der Waals surface area contributed by atoms with Crippen LogP contribution in [0, 0.1) is 13.8 Å². The van der Waals surface area contributed by atoms with Crippen molar-refractivity contribution >= 4 is 18.3 Å². The Labute approximate surface area is 95.2 Å². The molecule has 0 spiro atoms. The van der Waals surface area contributed by atoms with E-state index in [1.54, 1.807) is 6.92 Å². The van der Waals surface area contributed by atoms with Crippen molar-refractivity contribution in [3.63, 3.8) is 0 Å². The monoisotopic (exact) mass is 232 g/mol. The number of aryl methyl sites for hydroxylation is 2. The molecule has 0 fully saturated rings. The maximum absolute atomic E-state index is 11.2. The average Bonchev–Trinajstić information content (AvgIpc) is 2.43. The summed E-state index contributed by atoms with van der Waals surface area (Å²) in [6.07, 6.45) is 0. The summed E-state index contributed by atoms with van der Waals surface area (Å²) in [5.41, 5.74) is 8.33. The predicted octanol–water partition coefficient (Wildman–Crippen LogP) is 0.412. The van der Waals surface area contributed by atoms with E-state index in [9.17, 15) is 4.79 Å². The zero-order valence-corrected chi connectivity index (χ0v) is 9.94. The molecule has 0 saturated heterocycles. The first-order valence-corrected chi connectivity index (χ1v) is 4.56. The average molecular weight is 233 g/mol. The number of nitrogens with zero attached hydrogens (tertiary/aromatic N) is 1. The maximum atomic E-state index is 11.2. The molecule has 1 atom stereocenters. The van der Waals surface area contributed by atoms with Crippen molar-refractivity contribution in [1.82, 2.24) is 15.5 Å². The van der Waals surface area contributed by atoms with Crippen LogP contribution in [0.5, 0.6) is 0 Å². The van der Waals surface area contributed by atoms with Gasteiger partial charge in [-0.05, 0) is 20.8 Å². The fourth-order valence-corrected chi connectivity index (χ4v) is 1.17. The van der Waals surface area contributed by atoms with Gasteiger partial charge in [0.1, 0.15) is 0 Å². The lowest BCUT2D eigenvalue weighted by Crippen LogP contribution is -2.37. The first-order chi connectivity index (χ1) is 6.52. The highest BCUT2D eigenvalue weighted by atomic mass is 35.5. The SMILES string of the molecule is Cc1n[nH]c(C)c1CNC(=O)C(C)N.Cl. The second-order valence-electron chi connectivity index (χ2n) is 3.42. The number of aromatic nitrogens is 2. The smallest absolute Gasteiger partial charge is 0.236 e. The Balaban J connectivity index is 0.00000196. The van der Waals surface area contributed by atoms with Crippen LogP contribution in [-0.2, 0) is 11.3 Å². The summed E-state index contributed by atoms with van der Waals surface area (Å²) in [4.78, 5) is 11.2. The van der Waals surface area contributed by atoms with Crippen LogP contribution in [0.1, 0.15) is 23.9 Å². The molecule has 1 aromatic heterocycles. The Morgan fingerprint density at radius 2 is 2.20 bits per heavy atom. The van der Waals surface area contributed by atoms with Gasteiger partial charge in [0, 0.05) is 17.8 Å². The molecule has 0 aliphatic carbocycles. The van der Waals surface area contributed by atoms with Gasteiger partial charge in [-0.2, -0.15) is 5.10 Å². The fourth-order valence-electron chi connectivity index (χ4n) is 1.17. The summed E-state index contributed by atoms with van der Waals surface area (Å²) in [5, 5.41) is 9.63. The van der Waals surface area contributed by atoms with Gasteiger partial charge in [0.05, 0.1) is 11.7 Å². The van der Waals surface area contributed by atoms with E-state index in [0.29, 0.717) is 6.54 Å². The molecule has 4 N–H and O–H groups in total. The van der Waals surface area contributed by atoms with E-state index in [4.69, 9.17) is 5.73 Å². The van der Waals surface area contributed by atoms with Gasteiger partial charge >= 0.3 is 0 Å². The van der Waals surface area contributed by atoms with Gasteiger partial charge in [-0.25, -0.2) is 0 Å². The lowest BCUT2D eigenvalue weighted by atomic mass is 10.2. The van der Waals surface area contributed by atoms with Gasteiger partial charge in [-0.1, -0.05) is 0 Å². The fraction of sp³-hybridized carbons (Fsp3) is 0.556. The molecule has 6 heteroatoms. The quantitative estimate of drug-likeness (QED) is 0.706. The number of rotatable bonds is 3. The molecule has 0 saturated carbocycles. The number of amides is 1. The molecule has 1 rings (SSSR count). The van der Waals surface area contributed by atoms with Gasteiger partial charge in [-0.3, -0.25) is 9.89 Å². The van der Waals surface area contributed by atoms with Gasteiger partial charge in [-0.15, -0.1) is 12.4 Å². The molecule has 0 aliphatic rings. The number of H-pyrrole nitrogens is 1. The maximum Gasteiger partial charge on any atom is 0.236 e. The summed E-state index contributed by atoms with van der Waals surface area (Å²) in [5.74, 6) is -0.148. The number of nitrogens with two attached hydrogens (primary N) is 1. The van der Waals surface area contributed by atoms with Crippen molar-refractivity contribution in [1.29, 1.82) is 0 Å². The van der Waals surface area contributed by atoms with Crippen molar-refractivity contribution in [2.24, 2.45) is 5.73 Å². The molecule has 0 aromatic carbocycles. The molecule has 1 unspecified atom stereocenters. The van der Waals surface area contributed by atoms with E-state index in [1.807, 2.05) is 13.8 Å². The Kier molecular flexibility index (Phi) is 5.32. The zero-order chi connectivity index (χ0) is 10.7. The standard InChI is InChI=1S/C9H16N4O.ClH/c1-5(10)9(14)11-4-8-6(2)12-13-7(8)3;/h5H,4,10H2,1-3H3,(H,11,14)(H,12,13);1H. The highest BCUT2D eigenvalue weighted by Gasteiger charge is 2.10. The van der Waals surface area contributed by atoms with E-state index >= 15 is 0 Å². The Bertz CT molecular complexity index is 315. The van der Waals surface area contributed by atoms with E-state index in [2.05, 4.69) is 15.5 Å².